The number of nitrogens with zero attached hydrogens (tertiary/aromatic N) is 4. The number of hydrogen-bond donors (Lipinski definition) is 0. The van der Waals surface area contributed by atoms with E-state index >= 15 is 0 Å². The summed E-state index contributed by atoms with van der Waals surface area (Å²) in [6.07, 6.45) is -3.32. The number of methoxy groups -OCH3 is 1. The maximum absolute atomic E-state index is 13.9. The molecule has 1 aromatic carbocycles. The second-order valence-corrected chi connectivity index (χ2v) is 7.47. The highest BCUT2D eigenvalue weighted by atomic mass is 19.4. The van der Waals surface area contributed by atoms with Crippen molar-refractivity contribution in [3.8, 4) is 5.88 Å². The Balaban J connectivity index is 1.91. The van der Waals surface area contributed by atoms with Crippen molar-refractivity contribution in [2.75, 3.05) is 23.6 Å². The first kappa shape index (κ1) is 22.5. The average Bonchev–Trinajstić information content (AvgIpc) is 2.79. The number of carbonyl (C=O) groups excluding carboxylic acids is 1. The maximum Gasteiger partial charge on any atom is 0.433 e. The number of ether oxygens (including phenoxy) is 1. The van der Waals surface area contributed by atoms with Crippen LogP contribution in [0.15, 0.2) is 42.6 Å². The molecule has 0 atom stereocenters. The van der Waals surface area contributed by atoms with E-state index < -0.39 is 23.6 Å². The first-order valence-corrected chi connectivity index (χ1v) is 10.1. The van der Waals surface area contributed by atoms with Gasteiger partial charge in [0.2, 0.25) is 5.88 Å². The summed E-state index contributed by atoms with van der Waals surface area (Å²) in [4.78, 5) is 24.1. The lowest BCUT2D eigenvalue weighted by Gasteiger charge is -2.39. The second-order valence-electron chi connectivity index (χ2n) is 7.47. The average molecular weight is 460 g/mol. The van der Waals surface area contributed by atoms with Gasteiger partial charge in [0.25, 0.3) is 5.91 Å². The fraction of sp³-hybridized carbons (Fsp3) is 0.261. The Morgan fingerprint density at radius 2 is 1.79 bits per heavy atom. The van der Waals surface area contributed by atoms with Crippen molar-refractivity contribution in [1.82, 2.24) is 9.97 Å². The molecule has 0 N–H and O–H groups in total. The van der Waals surface area contributed by atoms with E-state index in [9.17, 15) is 22.4 Å². The van der Waals surface area contributed by atoms with Gasteiger partial charge in [0, 0.05) is 18.0 Å². The molecular weight excluding hydrogens is 440 g/mol. The van der Waals surface area contributed by atoms with Gasteiger partial charge in [0.15, 0.2) is 0 Å². The van der Waals surface area contributed by atoms with Crippen molar-refractivity contribution < 1.29 is 27.1 Å². The van der Waals surface area contributed by atoms with Gasteiger partial charge in [0.1, 0.15) is 18.2 Å². The van der Waals surface area contributed by atoms with E-state index in [0.717, 1.165) is 12.3 Å². The van der Waals surface area contributed by atoms with Crippen LogP contribution in [0.25, 0.3) is 0 Å². The molecule has 3 heterocycles. The zero-order valence-corrected chi connectivity index (χ0v) is 18.1. The predicted molar refractivity (Wildman–Crippen MR) is 114 cm³/mol. The van der Waals surface area contributed by atoms with Gasteiger partial charge in [-0.25, -0.2) is 9.37 Å². The fourth-order valence-corrected chi connectivity index (χ4v) is 3.84. The van der Waals surface area contributed by atoms with E-state index in [1.165, 1.54) is 30.2 Å². The summed E-state index contributed by atoms with van der Waals surface area (Å²) < 4.78 is 59.2. The molecule has 0 saturated carbocycles. The summed E-state index contributed by atoms with van der Waals surface area (Å²) in [5, 5.41) is 0. The van der Waals surface area contributed by atoms with Gasteiger partial charge in [-0.15, -0.1) is 0 Å². The molecule has 10 heteroatoms. The summed E-state index contributed by atoms with van der Waals surface area (Å²) >= 11 is 0. The standard InChI is InChI=1S/C23H20F4N4O2/c1-4-14-9-15(24)5-6-18(14)30-12-31(17-7-8-21(33-3)29-13(17)2)22(32)16-11-28-20(10-19(16)30)23(25,26)27/h5-11H,4,12H2,1-3H3. The molecule has 0 radical (unpaired) electrons. The SMILES string of the molecule is CCc1cc(F)ccc1N1CN(c2ccc(OC)nc2C)C(=O)c2cnc(C(F)(F)F)cc21. The minimum absolute atomic E-state index is 0.00385. The Kier molecular flexibility index (Phi) is 5.69. The van der Waals surface area contributed by atoms with Crippen molar-refractivity contribution in [1.29, 1.82) is 0 Å². The number of halogens is 4. The first-order valence-electron chi connectivity index (χ1n) is 10.1. The van der Waals surface area contributed by atoms with Crippen LogP contribution in [-0.2, 0) is 12.6 Å². The molecule has 0 unspecified atom stereocenters. The number of aryl methyl sites for hydroxylation is 2. The van der Waals surface area contributed by atoms with Crippen LogP contribution < -0.4 is 14.5 Å². The minimum Gasteiger partial charge on any atom is -0.481 e. The minimum atomic E-state index is -4.69. The topological polar surface area (TPSA) is 58.6 Å². The quantitative estimate of drug-likeness (QED) is 0.497. The van der Waals surface area contributed by atoms with Crippen molar-refractivity contribution in [3.05, 3.63) is 70.9 Å². The molecule has 0 bridgehead atoms. The highest BCUT2D eigenvalue weighted by Crippen LogP contribution is 2.40. The zero-order valence-electron chi connectivity index (χ0n) is 18.1. The number of amides is 1. The lowest BCUT2D eigenvalue weighted by Crippen LogP contribution is -2.46. The maximum atomic E-state index is 13.9. The Hall–Kier alpha value is -3.69. The molecular formula is C23H20F4N4O2. The lowest BCUT2D eigenvalue weighted by molar-refractivity contribution is -0.141. The van der Waals surface area contributed by atoms with Crippen LogP contribution >= 0.6 is 0 Å². The number of rotatable bonds is 4. The van der Waals surface area contributed by atoms with Crippen LogP contribution in [0.3, 0.4) is 0 Å². The van der Waals surface area contributed by atoms with Crippen LogP contribution in [-0.4, -0.2) is 29.7 Å². The van der Waals surface area contributed by atoms with Gasteiger partial charge in [-0.1, -0.05) is 6.92 Å². The number of carbonyl (C=O) groups is 1. The monoisotopic (exact) mass is 460 g/mol. The van der Waals surface area contributed by atoms with Crippen LogP contribution in [0.1, 0.15) is 34.2 Å². The Morgan fingerprint density at radius 3 is 2.42 bits per heavy atom. The summed E-state index contributed by atoms with van der Waals surface area (Å²) in [6.45, 7) is 3.42. The molecule has 0 saturated heterocycles. The van der Waals surface area contributed by atoms with E-state index in [1.807, 2.05) is 6.92 Å². The molecule has 4 rings (SSSR count). The molecule has 1 aliphatic heterocycles. The predicted octanol–water partition coefficient (Wildman–Crippen LogP) is 5.27. The third kappa shape index (κ3) is 4.08. The van der Waals surface area contributed by atoms with Gasteiger partial charge in [-0.2, -0.15) is 13.2 Å². The van der Waals surface area contributed by atoms with E-state index in [2.05, 4.69) is 9.97 Å². The molecule has 0 aliphatic carbocycles. The number of benzene rings is 1. The Labute approximate surface area is 187 Å². The second kappa shape index (κ2) is 8.34. The van der Waals surface area contributed by atoms with Crippen LogP contribution in [0.5, 0.6) is 5.88 Å². The third-order valence-electron chi connectivity index (χ3n) is 5.47. The summed E-state index contributed by atoms with van der Waals surface area (Å²) in [5.74, 6) is -0.611. The van der Waals surface area contributed by atoms with E-state index in [0.29, 0.717) is 34.9 Å². The van der Waals surface area contributed by atoms with Gasteiger partial charge in [-0.05, 0) is 49.2 Å². The smallest absolute Gasteiger partial charge is 0.433 e. The van der Waals surface area contributed by atoms with E-state index in [-0.39, 0.29) is 17.9 Å². The zero-order chi connectivity index (χ0) is 23.9. The number of aromatic nitrogens is 2. The molecule has 6 nitrogen and oxygen atoms in total. The van der Waals surface area contributed by atoms with Crippen LogP contribution in [0.2, 0.25) is 0 Å². The summed E-state index contributed by atoms with van der Waals surface area (Å²) in [5.41, 5.74) is 0.989. The van der Waals surface area contributed by atoms with Crippen LogP contribution in [0.4, 0.5) is 34.6 Å². The van der Waals surface area contributed by atoms with Crippen molar-refractivity contribution in [2.45, 2.75) is 26.4 Å². The highest BCUT2D eigenvalue weighted by molar-refractivity contribution is 6.12. The van der Waals surface area contributed by atoms with Crippen molar-refractivity contribution in [2.24, 2.45) is 0 Å². The van der Waals surface area contributed by atoms with Crippen molar-refractivity contribution >= 4 is 23.0 Å². The number of pyridine rings is 2. The number of anilines is 3. The van der Waals surface area contributed by atoms with E-state index in [1.54, 1.807) is 24.0 Å². The Bertz CT molecular complexity index is 1230. The lowest BCUT2D eigenvalue weighted by atomic mass is 10.0. The molecule has 33 heavy (non-hydrogen) atoms. The molecule has 0 fully saturated rings. The third-order valence-corrected chi connectivity index (χ3v) is 5.47. The molecule has 1 amide bonds. The summed E-state index contributed by atoms with van der Waals surface area (Å²) in [7, 11) is 1.47. The number of fused-ring (bicyclic) bond motifs is 1. The highest BCUT2D eigenvalue weighted by Gasteiger charge is 2.38. The number of alkyl halides is 3. The molecule has 3 aromatic rings. The van der Waals surface area contributed by atoms with E-state index in [4.69, 9.17) is 4.74 Å². The molecule has 0 spiro atoms. The molecule has 1 aliphatic rings. The first-order chi connectivity index (χ1) is 15.6. The van der Waals surface area contributed by atoms with Crippen molar-refractivity contribution in [3.63, 3.8) is 0 Å². The molecule has 172 valence electrons. The largest absolute Gasteiger partial charge is 0.481 e. The van der Waals surface area contributed by atoms with Gasteiger partial charge >= 0.3 is 6.18 Å². The Morgan fingerprint density at radius 1 is 1.06 bits per heavy atom. The van der Waals surface area contributed by atoms with Gasteiger partial charge < -0.3 is 9.64 Å². The fourth-order valence-electron chi connectivity index (χ4n) is 3.84. The van der Waals surface area contributed by atoms with Crippen LogP contribution in [0, 0.1) is 12.7 Å². The summed E-state index contributed by atoms with van der Waals surface area (Å²) in [6, 6.07) is 8.18. The number of hydrogen-bond acceptors (Lipinski definition) is 5. The molecule has 2 aromatic heterocycles. The van der Waals surface area contributed by atoms with Gasteiger partial charge in [0.05, 0.1) is 29.7 Å². The van der Waals surface area contributed by atoms with Gasteiger partial charge in [-0.3, -0.25) is 14.7 Å². The normalized spacial score (nSPS) is 13.8.